The fraction of sp³-hybridized carbons (Fsp3) is 1.00. The topological polar surface area (TPSA) is 18.5 Å². The summed E-state index contributed by atoms with van der Waals surface area (Å²) in [5, 5.41) is 0. The lowest BCUT2D eigenvalue weighted by molar-refractivity contribution is -0.273. The third kappa shape index (κ3) is 2.44. The van der Waals surface area contributed by atoms with Gasteiger partial charge in [0, 0.05) is 25.6 Å². The number of ether oxygens (including phenoxy) is 2. The van der Waals surface area contributed by atoms with E-state index in [1.54, 1.807) is 0 Å². The molecule has 1 aliphatic rings. The Morgan fingerprint density at radius 1 is 1.15 bits per heavy atom. The van der Waals surface area contributed by atoms with Gasteiger partial charge in [-0.2, -0.15) is 0 Å². The highest BCUT2D eigenvalue weighted by Gasteiger charge is 2.39. The van der Waals surface area contributed by atoms with E-state index >= 15 is 0 Å². The van der Waals surface area contributed by atoms with E-state index in [1.165, 1.54) is 19.3 Å². The summed E-state index contributed by atoms with van der Waals surface area (Å²) < 4.78 is 11.6. The molecule has 0 heterocycles. The van der Waals surface area contributed by atoms with Gasteiger partial charge in [-0.1, -0.05) is 13.3 Å². The maximum absolute atomic E-state index is 5.80. The van der Waals surface area contributed by atoms with Crippen LogP contribution in [0.4, 0.5) is 0 Å². The molecule has 0 spiro atoms. The molecular weight excluding hydrogens is 164 g/mol. The van der Waals surface area contributed by atoms with Crippen LogP contribution in [0.3, 0.4) is 0 Å². The van der Waals surface area contributed by atoms with Crippen molar-refractivity contribution in [2.45, 2.75) is 52.2 Å². The van der Waals surface area contributed by atoms with Crippen LogP contribution in [0.1, 0.15) is 46.5 Å². The molecule has 78 valence electrons. The van der Waals surface area contributed by atoms with Crippen LogP contribution in [0, 0.1) is 5.92 Å². The maximum Gasteiger partial charge on any atom is 0.170 e. The Morgan fingerprint density at radius 3 is 2.23 bits per heavy atom. The Morgan fingerprint density at radius 2 is 1.77 bits per heavy atom. The highest BCUT2D eigenvalue weighted by atomic mass is 16.7. The molecule has 0 aromatic heterocycles. The van der Waals surface area contributed by atoms with Gasteiger partial charge in [0.25, 0.3) is 0 Å². The Labute approximate surface area is 81.6 Å². The normalized spacial score (nSPS) is 27.5. The Kier molecular flexibility index (Phi) is 4.20. The molecule has 0 aliphatic heterocycles. The highest BCUT2D eigenvalue weighted by molar-refractivity contribution is 4.81. The Balaban J connectivity index is 2.61. The van der Waals surface area contributed by atoms with Crippen molar-refractivity contribution >= 4 is 0 Å². The maximum atomic E-state index is 5.80. The monoisotopic (exact) mass is 186 g/mol. The molecule has 0 aromatic carbocycles. The Hall–Kier alpha value is -0.0800. The summed E-state index contributed by atoms with van der Waals surface area (Å²) >= 11 is 0. The van der Waals surface area contributed by atoms with Crippen LogP contribution >= 0.6 is 0 Å². The molecule has 13 heavy (non-hydrogen) atoms. The van der Waals surface area contributed by atoms with E-state index in [4.69, 9.17) is 9.47 Å². The van der Waals surface area contributed by atoms with E-state index in [0.29, 0.717) is 5.92 Å². The van der Waals surface area contributed by atoms with E-state index < -0.39 is 0 Å². The molecule has 1 fully saturated rings. The summed E-state index contributed by atoms with van der Waals surface area (Å²) in [6.45, 7) is 7.84. The lowest BCUT2D eigenvalue weighted by Gasteiger charge is -2.41. The first kappa shape index (κ1) is 11.0. The molecule has 2 nitrogen and oxygen atoms in total. The van der Waals surface area contributed by atoms with Crippen molar-refractivity contribution in [2.24, 2.45) is 5.92 Å². The molecule has 2 heteroatoms. The predicted octanol–water partition coefficient (Wildman–Crippen LogP) is 2.97. The molecular formula is C11H22O2. The van der Waals surface area contributed by atoms with Gasteiger partial charge in [0.05, 0.1) is 0 Å². The lowest BCUT2D eigenvalue weighted by Crippen LogP contribution is -2.44. The van der Waals surface area contributed by atoms with Crippen molar-refractivity contribution < 1.29 is 9.47 Å². The molecule has 1 atom stereocenters. The van der Waals surface area contributed by atoms with Gasteiger partial charge in [-0.05, 0) is 26.7 Å². The second-order valence-corrected chi connectivity index (χ2v) is 3.82. The highest BCUT2D eigenvalue weighted by Crippen LogP contribution is 2.37. The molecule has 0 aromatic rings. The average molecular weight is 186 g/mol. The van der Waals surface area contributed by atoms with Gasteiger partial charge in [-0.15, -0.1) is 0 Å². The summed E-state index contributed by atoms with van der Waals surface area (Å²) in [5.41, 5.74) is 0. The molecule has 0 saturated heterocycles. The molecule has 1 aliphatic carbocycles. The molecule has 1 saturated carbocycles. The van der Waals surface area contributed by atoms with Crippen LogP contribution in [-0.4, -0.2) is 19.0 Å². The van der Waals surface area contributed by atoms with Crippen molar-refractivity contribution in [3.63, 3.8) is 0 Å². The van der Waals surface area contributed by atoms with E-state index in [0.717, 1.165) is 19.6 Å². The fourth-order valence-electron chi connectivity index (χ4n) is 2.25. The predicted molar refractivity (Wildman–Crippen MR) is 53.6 cm³/mol. The van der Waals surface area contributed by atoms with Gasteiger partial charge in [0.2, 0.25) is 0 Å². The smallest absolute Gasteiger partial charge is 0.170 e. The molecule has 1 rings (SSSR count). The molecule has 0 radical (unpaired) electrons. The van der Waals surface area contributed by atoms with Crippen molar-refractivity contribution in [3.8, 4) is 0 Å². The van der Waals surface area contributed by atoms with Crippen LogP contribution in [0.5, 0.6) is 0 Å². The van der Waals surface area contributed by atoms with Gasteiger partial charge in [0.15, 0.2) is 5.79 Å². The first-order valence-corrected chi connectivity index (χ1v) is 5.53. The van der Waals surface area contributed by atoms with Crippen molar-refractivity contribution in [1.29, 1.82) is 0 Å². The van der Waals surface area contributed by atoms with Crippen LogP contribution in [0.2, 0.25) is 0 Å². The summed E-state index contributed by atoms with van der Waals surface area (Å²) in [4.78, 5) is 0. The largest absolute Gasteiger partial charge is 0.350 e. The van der Waals surface area contributed by atoms with Gasteiger partial charge < -0.3 is 9.47 Å². The summed E-state index contributed by atoms with van der Waals surface area (Å²) in [5.74, 6) is 0.281. The minimum Gasteiger partial charge on any atom is -0.350 e. The minimum atomic E-state index is -0.262. The molecule has 0 bridgehead atoms. The zero-order valence-electron chi connectivity index (χ0n) is 9.14. The second kappa shape index (κ2) is 4.97. The molecule has 0 amide bonds. The Bertz CT molecular complexity index is 134. The standard InChI is InChI=1S/C11H22O2/c1-4-12-11(13-5-2)9-7-6-8-10(11)3/h10H,4-9H2,1-3H3. The first-order chi connectivity index (χ1) is 6.25. The van der Waals surface area contributed by atoms with Crippen LogP contribution < -0.4 is 0 Å². The zero-order valence-corrected chi connectivity index (χ0v) is 9.14. The van der Waals surface area contributed by atoms with Gasteiger partial charge in [0.1, 0.15) is 0 Å². The zero-order chi connectivity index (χ0) is 9.73. The minimum absolute atomic E-state index is 0.262. The van der Waals surface area contributed by atoms with Gasteiger partial charge >= 0.3 is 0 Å². The quantitative estimate of drug-likeness (QED) is 0.628. The van der Waals surface area contributed by atoms with Crippen molar-refractivity contribution in [3.05, 3.63) is 0 Å². The van der Waals surface area contributed by atoms with E-state index in [9.17, 15) is 0 Å². The van der Waals surface area contributed by atoms with Crippen molar-refractivity contribution in [1.82, 2.24) is 0 Å². The van der Waals surface area contributed by atoms with Gasteiger partial charge in [-0.25, -0.2) is 0 Å². The third-order valence-corrected chi connectivity index (χ3v) is 2.94. The second-order valence-electron chi connectivity index (χ2n) is 3.82. The number of rotatable bonds is 4. The van der Waals surface area contributed by atoms with Crippen molar-refractivity contribution in [2.75, 3.05) is 13.2 Å². The first-order valence-electron chi connectivity index (χ1n) is 5.53. The summed E-state index contributed by atoms with van der Waals surface area (Å²) in [6, 6.07) is 0. The van der Waals surface area contributed by atoms with Crippen LogP contribution in [0.25, 0.3) is 0 Å². The van der Waals surface area contributed by atoms with Crippen LogP contribution in [-0.2, 0) is 9.47 Å². The molecule has 0 N–H and O–H groups in total. The summed E-state index contributed by atoms with van der Waals surface area (Å²) in [6.07, 6.45) is 4.86. The van der Waals surface area contributed by atoms with E-state index in [1.807, 2.05) is 13.8 Å². The lowest BCUT2D eigenvalue weighted by atomic mass is 9.84. The van der Waals surface area contributed by atoms with Gasteiger partial charge in [-0.3, -0.25) is 0 Å². The number of hydrogen-bond donors (Lipinski definition) is 0. The average Bonchev–Trinajstić information content (AvgIpc) is 2.11. The van der Waals surface area contributed by atoms with E-state index in [2.05, 4.69) is 6.92 Å². The van der Waals surface area contributed by atoms with Crippen LogP contribution in [0.15, 0.2) is 0 Å². The fourth-order valence-corrected chi connectivity index (χ4v) is 2.25. The number of hydrogen-bond acceptors (Lipinski definition) is 2. The molecule has 1 unspecified atom stereocenters. The third-order valence-electron chi connectivity index (χ3n) is 2.94. The SMILES string of the molecule is CCOC1(OCC)CCCCC1C. The summed E-state index contributed by atoms with van der Waals surface area (Å²) in [7, 11) is 0. The van der Waals surface area contributed by atoms with E-state index in [-0.39, 0.29) is 5.79 Å².